The number of rotatable bonds is 9. The molecular weight excluding hydrogens is 511 g/mol. The highest BCUT2D eigenvalue weighted by Gasteiger charge is 2.27. The monoisotopic (exact) mass is 538 g/mol. The molecule has 1 atom stereocenters. The molecule has 1 aromatic heterocycles. The van der Waals surface area contributed by atoms with Crippen LogP contribution in [0.15, 0.2) is 77.6 Å². The number of hydrogen-bond acceptors (Lipinski definition) is 4. The van der Waals surface area contributed by atoms with E-state index in [-0.39, 0.29) is 11.6 Å². The molecule has 9 heteroatoms. The average Bonchev–Trinajstić information content (AvgIpc) is 2.90. The molecule has 4 aromatic rings. The van der Waals surface area contributed by atoms with Crippen LogP contribution in [-0.4, -0.2) is 40.7 Å². The van der Waals surface area contributed by atoms with Gasteiger partial charge in [-0.1, -0.05) is 65.7 Å². The first-order valence-electron chi connectivity index (χ1n) is 11.9. The molecule has 0 fully saturated rings. The number of aromatic nitrogens is 2. The zero-order valence-corrected chi connectivity index (χ0v) is 22.2. The molecule has 0 saturated heterocycles. The molecule has 0 spiro atoms. The van der Waals surface area contributed by atoms with Crippen LogP contribution in [0.1, 0.15) is 24.4 Å². The maximum Gasteiger partial charge on any atom is 0.322 e. The third kappa shape index (κ3) is 6.31. The Morgan fingerprint density at radius 3 is 2.54 bits per heavy atom. The van der Waals surface area contributed by atoms with Crippen LogP contribution >= 0.6 is 23.2 Å². The molecule has 192 valence electrons. The maximum atomic E-state index is 13.6. The Kier molecular flexibility index (Phi) is 8.82. The number of para-hydroxylation sites is 1. The number of halogens is 2. The lowest BCUT2D eigenvalue weighted by Crippen LogP contribution is -2.41. The maximum absolute atomic E-state index is 13.6. The Morgan fingerprint density at radius 1 is 1.08 bits per heavy atom. The summed E-state index contributed by atoms with van der Waals surface area (Å²) in [6, 6.07) is 21.1. The normalized spacial score (nSPS) is 11.9. The summed E-state index contributed by atoms with van der Waals surface area (Å²) in [7, 11) is 1.58. The minimum Gasteiger partial charge on any atom is -0.383 e. The molecule has 1 N–H and O–H groups in total. The minimum atomic E-state index is -0.538. The Hall–Kier alpha value is -3.39. The van der Waals surface area contributed by atoms with E-state index < -0.39 is 6.04 Å². The number of urea groups is 1. The zero-order chi connectivity index (χ0) is 26.4. The van der Waals surface area contributed by atoms with Gasteiger partial charge in [0.1, 0.15) is 5.82 Å². The molecule has 0 aliphatic heterocycles. The molecule has 37 heavy (non-hydrogen) atoms. The number of nitrogens with one attached hydrogen (secondary N) is 1. The van der Waals surface area contributed by atoms with Crippen molar-refractivity contribution in [3.05, 3.63) is 105 Å². The van der Waals surface area contributed by atoms with Crippen LogP contribution in [0, 0.1) is 0 Å². The molecule has 0 aliphatic carbocycles. The summed E-state index contributed by atoms with van der Waals surface area (Å²) in [5.41, 5.74) is 1.93. The van der Waals surface area contributed by atoms with Gasteiger partial charge in [0.2, 0.25) is 0 Å². The Balaban J connectivity index is 1.73. The lowest BCUT2D eigenvalue weighted by Gasteiger charge is -2.31. The van der Waals surface area contributed by atoms with Gasteiger partial charge in [-0.15, -0.1) is 0 Å². The van der Waals surface area contributed by atoms with Gasteiger partial charge in [-0.3, -0.25) is 9.36 Å². The highest BCUT2D eigenvalue weighted by atomic mass is 35.5. The van der Waals surface area contributed by atoms with Crippen LogP contribution in [-0.2, 0) is 17.7 Å². The van der Waals surface area contributed by atoms with Crippen LogP contribution in [0.3, 0.4) is 0 Å². The number of amides is 2. The lowest BCUT2D eigenvalue weighted by atomic mass is 10.1. The van der Waals surface area contributed by atoms with E-state index in [0.29, 0.717) is 58.6 Å². The molecule has 0 saturated carbocycles. The molecule has 7 nitrogen and oxygen atoms in total. The van der Waals surface area contributed by atoms with Gasteiger partial charge < -0.3 is 15.0 Å². The van der Waals surface area contributed by atoms with Crippen molar-refractivity contribution < 1.29 is 9.53 Å². The van der Waals surface area contributed by atoms with Gasteiger partial charge in [0.05, 0.1) is 40.8 Å². The quantitative estimate of drug-likeness (QED) is 0.275. The number of hydrogen-bond donors (Lipinski definition) is 1. The van der Waals surface area contributed by atoms with Crippen LogP contribution in [0.4, 0.5) is 10.5 Å². The van der Waals surface area contributed by atoms with Crippen molar-refractivity contribution in [2.75, 3.05) is 25.6 Å². The SMILES string of the molecule is COCCn1c(C(C)N(CCc2ccccc2)C(=O)Nc2ccc(Cl)cc2Cl)nc2ccccc2c1=O. The molecular formula is C28H28Cl2N4O3. The van der Waals surface area contributed by atoms with Crippen molar-refractivity contribution in [1.29, 1.82) is 0 Å². The number of benzene rings is 3. The second-order valence-corrected chi connectivity index (χ2v) is 9.44. The van der Waals surface area contributed by atoms with E-state index in [1.165, 1.54) is 0 Å². The van der Waals surface area contributed by atoms with E-state index in [4.69, 9.17) is 32.9 Å². The predicted octanol–water partition coefficient (Wildman–Crippen LogP) is 6.19. The molecule has 4 rings (SSSR count). The topological polar surface area (TPSA) is 76.5 Å². The fourth-order valence-corrected chi connectivity index (χ4v) is 4.64. The second kappa shape index (κ2) is 12.2. The number of fused-ring (bicyclic) bond motifs is 1. The second-order valence-electron chi connectivity index (χ2n) is 8.60. The smallest absolute Gasteiger partial charge is 0.322 e. The molecule has 3 aromatic carbocycles. The fraction of sp³-hybridized carbons (Fsp3) is 0.250. The molecule has 2 amide bonds. The first kappa shape index (κ1) is 26.7. The zero-order valence-electron chi connectivity index (χ0n) is 20.7. The number of carbonyl (C=O) groups excluding carboxylic acids is 1. The van der Waals surface area contributed by atoms with Crippen LogP contribution in [0.25, 0.3) is 10.9 Å². The highest BCUT2D eigenvalue weighted by Crippen LogP contribution is 2.27. The summed E-state index contributed by atoms with van der Waals surface area (Å²) in [6.07, 6.45) is 0.614. The predicted molar refractivity (Wildman–Crippen MR) is 149 cm³/mol. The summed E-state index contributed by atoms with van der Waals surface area (Å²) < 4.78 is 6.85. The van der Waals surface area contributed by atoms with Crippen molar-refractivity contribution in [1.82, 2.24) is 14.5 Å². The van der Waals surface area contributed by atoms with E-state index in [1.54, 1.807) is 46.9 Å². The largest absolute Gasteiger partial charge is 0.383 e. The molecule has 0 bridgehead atoms. The van der Waals surface area contributed by atoms with Gasteiger partial charge in [0.25, 0.3) is 5.56 Å². The van der Waals surface area contributed by atoms with E-state index in [0.717, 1.165) is 5.56 Å². The number of ether oxygens (including phenoxy) is 1. The molecule has 1 heterocycles. The Bertz CT molecular complexity index is 1440. The summed E-state index contributed by atoms with van der Waals surface area (Å²) in [6.45, 7) is 2.89. The van der Waals surface area contributed by atoms with Crippen molar-refractivity contribution in [3.8, 4) is 0 Å². The van der Waals surface area contributed by atoms with Gasteiger partial charge >= 0.3 is 6.03 Å². The Morgan fingerprint density at radius 2 is 1.81 bits per heavy atom. The van der Waals surface area contributed by atoms with Crippen molar-refractivity contribution in [2.45, 2.75) is 25.9 Å². The van der Waals surface area contributed by atoms with Crippen LogP contribution in [0.2, 0.25) is 10.0 Å². The molecule has 1 unspecified atom stereocenters. The van der Waals surface area contributed by atoms with Gasteiger partial charge in [0.15, 0.2) is 0 Å². The molecule has 0 radical (unpaired) electrons. The van der Waals surface area contributed by atoms with Crippen LogP contribution < -0.4 is 10.9 Å². The van der Waals surface area contributed by atoms with Gasteiger partial charge in [0, 0.05) is 18.7 Å². The van der Waals surface area contributed by atoms with Gasteiger partial charge in [-0.2, -0.15) is 0 Å². The average molecular weight is 539 g/mol. The standard InChI is InChI=1S/C28H28Cl2N4O3/c1-19(26-31-24-11-7-6-10-22(24)27(35)34(26)16-17-37-2)33(15-14-20-8-4-3-5-9-20)28(36)32-25-13-12-21(29)18-23(25)30/h3-13,18-19H,14-17H2,1-2H3,(H,32,36). The van der Waals surface area contributed by atoms with E-state index in [9.17, 15) is 9.59 Å². The van der Waals surface area contributed by atoms with E-state index in [2.05, 4.69) is 5.32 Å². The van der Waals surface area contributed by atoms with Crippen molar-refractivity contribution in [2.24, 2.45) is 0 Å². The fourth-order valence-electron chi connectivity index (χ4n) is 4.19. The van der Waals surface area contributed by atoms with Crippen molar-refractivity contribution in [3.63, 3.8) is 0 Å². The minimum absolute atomic E-state index is 0.173. The highest BCUT2D eigenvalue weighted by molar-refractivity contribution is 6.36. The van der Waals surface area contributed by atoms with Crippen LogP contribution in [0.5, 0.6) is 0 Å². The van der Waals surface area contributed by atoms with Crippen molar-refractivity contribution >= 4 is 45.8 Å². The number of nitrogens with zero attached hydrogens (tertiary/aromatic N) is 3. The summed E-state index contributed by atoms with van der Waals surface area (Å²) in [5, 5.41) is 4.21. The van der Waals surface area contributed by atoms with Gasteiger partial charge in [-0.05, 0) is 49.2 Å². The summed E-state index contributed by atoms with van der Waals surface area (Å²) in [5.74, 6) is 0.478. The number of carbonyl (C=O) groups is 1. The first-order valence-corrected chi connectivity index (χ1v) is 12.7. The van der Waals surface area contributed by atoms with Gasteiger partial charge in [-0.25, -0.2) is 9.78 Å². The first-order chi connectivity index (χ1) is 17.9. The summed E-state index contributed by atoms with van der Waals surface area (Å²) in [4.78, 5) is 33.6. The number of methoxy groups -OCH3 is 1. The van der Waals surface area contributed by atoms with E-state index >= 15 is 0 Å². The van der Waals surface area contributed by atoms with E-state index in [1.807, 2.05) is 49.4 Å². The molecule has 0 aliphatic rings. The Labute approximate surface area is 225 Å². The summed E-state index contributed by atoms with van der Waals surface area (Å²) >= 11 is 12.4. The lowest BCUT2D eigenvalue weighted by molar-refractivity contribution is 0.175. The third-order valence-electron chi connectivity index (χ3n) is 6.17. The number of anilines is 1. The third-order valence-corrected chi connectivity index (χ3v) is 6.72.